The van der Waals surface area contributed by atoms with E-state index in [0.29, 0.717) is 23.2 Å². The van der Waals surface area contributed by atoms with Crippen LogP contribution in [0.15, 0.2) is 6.07 Å². The molecule has 2 heterocycles. The van der Waals surface area contributed by atoms with Crippen LogP contribution in [0.5, 0.6) is 0 Å². The first-order valence-electron chi connectivity index (χ1n) is 6.22. The highest BCUT2D eigenvalue weighted by Crippen LogP contribution is 2.28. The van der Waals surface area contributed by atoms with Gasteiger partial charge >= 0.3 is 0 Å². The second-order valence-electron chi connectivity index (χ2n) is 5.62. The van der Waals surface area contributed by atoms with E-state index in [1.54, 1.807) is 6.07 Å². The molecule has 106 valence electrons. The summed E-state index contributed by atoms with van der Waals surface area (Å²) in [5.74, 6) is 1.74. The minimum atomic E-state index is -2.95. The van der Waals surface area contributed by atoms with E-state index in [1.165, 1.54) is 0 Å². The molecule has 1 aromatic heterocycles. The molecule has 2 rings (SSSR count). The summed E-state index contributed by atoms with van der Waals surface area (Å²) < 4.78 is 23.2. The van der Waals surface area contributed by atoms with E-state index < -0.39 is 15.4 Å². The molecule has 1 aromatic rings. The van der Waals surface area contributed by atoms with Gasteiger partial charge in [0.25, 0.3) is 0 Å². The highest BCUT2D eigenvalue weighted by atomic mass is 35.5. The van der Waals surface area contributed by atoms with E-state index >= 15 is 0 Å². The lowest BCUT2D eigenvalue weighted by atomic mass is 10.0. The Morgan fingerprint density at radius 3 is 2.63 bits per heavy atom. The van der Waals surface area contributed by atoms with Gasteiger partial charge in [0.1, 0.15) is 16.8 Å². The number of halogens is 1. The van der Waals surface area contributed by atoms with Gasteiger partial charge in [-0.1, -0.05) is 25.4 Å². The Morgan fingerprint density at radius 1 is 1.42 bits per heavy atom. The van der Waals surface area contributed by atoms with Crippen molar-refractivity contribution in [1.29, 1.82) is 0 Å². The fourth-order valence-corrected chi connectivity index (χ4v) is 4.46. The van der Waals surface area contributed by atoms with Crippen molar-refractivity contribution in [3.05, 3.63) is 17.0 Å². The second kappa shape index (κ2) is 4.90. The maximum atomic E-state index is 11.6. The molecule has 0 saturated carbocycles. The van der Waals surface area contributed by atoms with E-state index in [2.05, 4.69) is 15.3 Å². The van der Waals surface area contributed by atoms with Gasteiger partial charge in [-0.15, -0.1) is 0 Å². The molecule has 1 aliphatic rings. The number of anilines is 1. The molecule has 0 spiro atoms. The molecule has 1 saturated heterocycles. The molecular formula is C12H18ClN3O2S. The van der Waals surface area contributed by atoms with Crippen LogP contribution in [0.1, 0.15) is 38.9 Å². The summed E-state index contributed by atoms with van der Waals surface area (Å²) in [7, 11) is -2.95. The molecule has 1 N–H and O–H groups in total. The van der Waals surface area contributed by atoms with Crippen molar-refractivity contribution in [2.75, 3.05) is 16.8 Å². The van der Waals surface area contributed by atoms with Gasteiger partial charge in [-0.2, -0.15) is 0 Å². The van der Waals surface area contributed by atoms with Crippen LogP contribution in [-0.4, -0.2) is 35.4 Å². The standard InChI is InChI=1S/C12H18ClN3O2S/c1-8(2)11-14-9(13)6-10(15-11)16-12(3)4-5-19(17,18)7-12/h6,8H,4-5,7H2,1-3H3,(H,14,15,16). The summed E-state index contributed by atoms with van der Waals surface area (Å²) in [4.78, 5) is 8.54. The highest BCUT2D eigenvalue weighted by Gasteiger charge is 2.38. The van der Waals surface area contributed by atoms with Crippen LogP contribution in [0.4, 0.5) is 5.82 Å². The fraction of sp³-hybridized carbons (Fsp3) is 0.667. The van der Waals surface area contributed by atoms with E-state index in [9.17, 15) is 8.42 Å². The summed E-state index contributed by atoms with van der Waals surface area (Å²) in [6.07, 6.45) is 0.577. The Hall–Kier alpha value is -0.880. The van der Waals surface area contributed by atoms with Crippen molar-refractivity contribution in [3.63, 3.8) is 0 Å². The largest absolute Gasteiger partial charge is 0.364 e. The first kappa shape index (κ1) is 14.5. The highest BCUT2D eigenvalue weighted by molar-refractivity contribution is 7.91. The lowest BCUT2D eigenvalue weighted by Crippen LogP contribution is -2.36. The number of nitrogens with one attached hydrogen (secondary N) is 1. The van der Waals surface area contributed by atoms with Crippen molar-refractivity contribution in [2.24, 2.45) is 0 Å². The molecule has 0 aromatic carbocycles. The van der Waals surface area contributed by atoms with Gasteiger partial charge in [-0.3, -0.25) is 0 Å². The minimum Gasteiger partial charge on any atom is -0.364 e. The predicted molar refractivity (Wildman–Crippen MR) is 76.4 cm³/mol. The van der Waals surface area contributed by atoms with Crippen LogP contribution in [0.2, 0.25) is 5.15 Å². The molecule has 0 radical (unpaired) electrons. The third-order valence-electron chi connectivity index (χ3n) is 3.16. The predicted octanol–water partition coefficient (Wildman–Crippen LogP) is 2.24. The topological polar surface area (TPSA) is 72.0 Å². The Kier molecular flexibility index (Phi) is 3.75. The Balaban J connectivity index is 2.24. The van der Waals surface area contributed by atoms with E-state index in [-0.39, 0.29) is 17.4 Å². The van der Waals surface area contributed by atoms with E-state index in [4.69, 9.17) is 11.6 Å². The van der Waals surface area contributed by atoms with Crippen LogP contribution in [0.3, 0.4) is 0 Å². The van der Waals surface area contributed by atoms with Crippen LogP contribution in [-0.2, 0) is 9.84 Å². The van der Waals surface area contributed by atoms with Gasteiger partial charge in [0.2, 0.25) is 0 Å². The van der Waals surface area contributed by atoms with Gasteiger partial charge in [-0.05, 0) is 13.3 Å². The Labute approximate surface area is 118 Å². The van der Waals surface area contributed by atoms with Crippen molar-refractivity contribution >= 4 is 27.3 Å². The lowest BCUT2D eigenvalue weighted by molar-refractivity contribution is 0.570. The molecule has 1 unspecified atom stereocenters. The molecule has 1 fully saturated rings. The van der Waals surface area contributed by atoms with Gasteiger partial charge in [-0.25, -0.2) is 18.4 Å². The molecule has 19 heavy (non-hydrogen) atoms. The van der Waals surface area contributed by atoms with Crippen molar-refractivity contribution in [1.82, 2.24) is 9.97 Å². The molecule has 0 aliphatic carbocycles. The van der Waals surface area contributed by atoms with Crippen molar-refractivity contribution in [3.8, 4) is 0 Å². The third kappa shape index (κ3) is 3.57. The van der Waals surface area contributed by atoms with Crippen molar-refractivity contribution < 1.29 is 8.42 Å². The molecule has 0 bridgehead atoms. The summed E-state index contributed by atoms with van der Waals surface area (Å²) in [5.41, 5.74) is -0.481. The van der Waals surface area contributed by atoms with E-state index in [0.717, 1.165) is 0 Å². The minimum absolute atomic E-state index is 0.124. The van der Waals surface area contributed by atoms with Gasteiger partial charge < -0.3 is 5.32 Å². The average molecular weight is 304 g/mol. The Bertz CT molecular complexity index is 589. The molecule has 5 nitrogen and oxygen atoms in total. The smallest absolute Gasteiger partial charge is 0.152 e. The second-order valence-corrected chi connectivity index (χ2v) is 8.19. The van der Waals surface area contributed by atoms with Gasteiger partial charge in [0, 0.05) is 12.0 Å². The normalized spacial score (nSPS) is 25.7. The van der Waals surface area contributed by atoms with Crippen LogP contribution in [0.25, 0.3) is 0 Å². The van der Waals surface area contributed by atoms with Crippen LogP contribution < -0.4 is 5.32 Å². The number of hydrogen-bond acceptors (Lipinski definition) is 5. The molecular weight excluding hydrogens is 286 g/mol. The van der Waals surface area contributed by atoms with E-state index in [1.807, 2.05) is 20.8 Å². The molecule has 7 heteroatoms. The monoisotopic (exact) mass is 303 g/mol. The van der Waals surface area contributed by atoms with Gasteiger partial charge in [0.15, 0.2) is 9.84 Å². The first-order valence-corrected chi connectivity index (χ1v) is 8.42. The lowest BCUT2D eigenvalue weighted by Gasteiger charge is -2.25. The number of nitrogens with zero attached hydrogens (tertiary/aromatic N) is 2. The van der Waals surface area contributed by atoms with Gasteiger partial charge in [0.05, 0.1) is 17.0 Å². The zero-order chi connectivity index (χ0) is 14.3. The summed E-state index contributed by atoms with van der Waals surface area (Å²) in [6.45, 7) is 5.86. The molecule has 1 aliphatic heterocycles. The van der Waals surface area contributed by atoms with Crippen LogP contribution >= 0.6 is 11.6 Å². The third-order valence-corrected chi connectivity index (χ3v) is 5.26. The quantitative estimate of drug-likeness (QED) is 0.867. The van der Waals surface area contributed by atoms with Crippen LogP contribution in [0, 0.1) is 0 Å². The zero-order valence-corrected chi connectivity index (χ0v) is 12.8. The molecule has 1 atom stereocenters. The summed E-state index contributed by atoms with van der Waals surface area (Å²) in [6, 6.07) is 1.63. The first-order chi connectivity index (χ1) is 8.69. The zero-order valence-electron chi connectivity index (χ0n) is 11.3. The maximum absolute atomic E-state index is 11.6. The number of hydrogen-bond donors (Lipinski definition) is 1. The maximum Gasteiger partial charge on any atom is 0.152 e. The Morgan fingerprint density at radius 2 is 2.11 bits per heavy atom. The summed E-state index contributed by atoms with van der Waals surface area (Å²) >= 11 is 5.97. The number of aromatic nitrogens is 2. The van der Waals surface area contributed by atoms with Crippen molar-refractivity contribution in [2.45, 2.75) is 38.6 Å². The molecule has 0 amide bonds. The fourth-order valence-electron chi connectivity index (χ4n) is 2.18. The number of sulfone groups is 1. The number of rotatable bonds is 3. The summed E-state index contributed by atoms with van der Waals surface area (Å²) in [5, 5.41) is 3.56. The SMILES string of the molecule is CC(C)c1nc(Cl)cc(NC2(C)CCS(=O)(=O)C2)n1. The average Bonchev–Trinajstić information content (AvgIpc) is 2.51.